The van der Waals surface area contributed by atoms with Gasteiger partial charge in [-0.1, -0.05) is 6.92 Å². The predicted molar refractivity (Wildman–Crippen MR) is 74.7 cm³/mol. The standard InChI is InChI=1S/C14H17N3S/c1-2-16-11-4-3-5-12-13(11)18-14(17-12)10-6-8-15-9-7-10/h6-9,11,16H,2-5H2,1H3. The number of hydrogen-bond acceptors (Lipinski definition) is 4. The summed E-state index contributed by atoms with van der Waals surface area (Å²) in [5.41, 5.74) is 2.48. The van der Waals surface area contributed by atoms with E-state index in [2.05, 4.69) is 17.2 Å². The monoisotopic (exact) mass is 259 g/mol. The summed E-state index contributed by atoms with van der Waals surface area (Å²) in [7, 11) is 0. The Morgan fingerprint density at radius 2 is 2.22 bits per heavy atom. The number of pyridine rings is 1. The summed E-state index contributed by atoms with van der Waals surface area (Å²) in [6.07, 6.45) is 7.26. The van der Waals surface area contributed by atoms with Crippen molar-refractivity contribution in [2.45, 2.75) is 32.2 Å². The molecule has 1 N–H and O–H groups in total. The molecule has 0 radical (unpaired) electrons. The van der Waals surface area contributed by atoms with Gasteiger partial charge in [-0.25, -0.2) is 4.98 Å². The minimum atomic E-state index is 0.506. The summed E-state index contributed by atoms with van der Waals surface area (Å²) in [5.74, 6) is 0. The van der Waals surface area contributed by atoms with Gasteiger partial charge in [-0.15, -0.1) is 11.3 Å². The first-order chi connectivity index (χ1) is 8.88. The fourth-order valence-corrected chi connectivity index (χ4v) is 3.71. The van der Waals surface area contributed by atoms with Crippen LogP contribution in [0.5, 0.6) is 0 Å². The zero-order chi connectivity index (χ0) is 12.4. The van der Waals surface area contributed by atoms with Crippen LogP contribution < -0.4 is 5.32 Å². The van der Waals surface area contributed by atoms with Gasteiger partial charge in [-0.3, -0.25) is 4.98 Å². The van der Waals surface area contributed by atoms with E-state index in [1.807, 2.05) is 35.9 Å². The predicted octanol–water partition coefficient (Wildman–Crippen LogP) is 3.19. The van der Waals surface area contributed by atoms with Crippen molar-refractivity contribution in [1.29, 1.82) is 0 Å². The van der Waals surface area contributed by atoms with Crippen LogP contribution in [0.25, 0.3) is 10.6 Å². The van der Waals surface area contributed by atoms with E-state index in [0.717, 1.165) is 18.0 Å². The quantitative estimate of drug-likeness (QED) is 0.920. The average Bonchev–Trinajstić information content (AvgIpc) is 2.85. The Bertz CT molecular complexity index is 521. The maximum Gasteiger partial charge on any atom is 0.124 e. The van der Waals surface area contributed by atoms with Gasteiger partial charge in [-0.05, 0) is 37.9 Å². The van der Waals surface area contributed by atoms with E-state index in [-0.39, 0.29) is 0 Å². The van der Waals surface area contributed by atoms with Crippen LogP contribution in [0.4, 0.5) is 0 Å². The minimum Gasteiger partial charge on any atom is -0.309 e. The van der Waals surface area contributed by atoms with Crippen LogP contribution in [0.3, 0.4) is 0 Å². The van der Waals surface area contributed by atoms with E-state index in [1.165, 1.54) is 29.0 Å². The fourth-order valence-electron chi connectivity index (χ4n) is 2.48. The molecule has 3 rings (SSSR count). The highest BCUT2D eigenvalue weighted by atomic mass is 32.1. The Hall–Kier alpha value is -1.26. The highest BCUT2D eigenvalue weighted by Gasteiger charge is 2.24. The maximum absolute atomic E-state index is 4.80. The van der Waals surface area contributed by atoms with E-state index < -0.39 is 0 Å². The molecule has 0 aromatic carbocycles. The summed E-state index contributed by atoms with van der Waals surface area (Å²) in [6, 6.07) is 4.57. The van der Waals surface area contributed by atoms with Gasteiger partial charge >= 0.3 is 0 Å². The van der Waals surface area contributed by atoms with Crippen molar-refractivity contribution in [2.24, 2.45) is 0 Å². The second-order valence-corrected chi connectivity index (χ2v) is 5.60. The lowest BCUT2D eigenvalue weighted by atomic mass is 9.98. The molecule has 18 heavy (non-hydrogen) atoms. The smallest absolute Gasteiger partial charge is 0.124 e. The molecule has 1 unspecified atom stereocenters. The van der Waals surface area contributed by atoms with Gasteiger partial charge in [0.15, 0.2) is 0 Å². The summed E-state index contributed by atoms with van der Waals surface area (Å²) < 4.78 is 0. The Morgan fingerprint density at radius 3 is 3.00 bits per heavy atom. The second-order valence-electron chi connectivity index (χ2n) is 4.57. The minimum absolute atomic E-state index is 0.506. The number of hydrogen-bond donors (Lipinski definition) is 1. The van der Waals surface area contributed by atoms with Crippen molar-refractivity contribution in [2.75, 3.05) is 6.54 Å². The Morgan fingerprint density at radius 1 is 1.39 bits per heavy atom. The Labute approximate surface area is 111 Å². The van der Waals surface area contributed by atoms with Crippen LogP contribution in [-0.2, 0) is 6.42 Å². The van der Waals surface area contributed by atoms with E-state index in [9.17, 15) is 0 Å². The molecule has 2 aromatic heterocycles. The highest BCUT2D eigenvalue weighted by Crippen LogP contribution is 2.37. The second kappa shape index (κ2) is 5.16. The topological polar surface area (TPSA) is 37.8 Å². The highest BCUT2D eigenvalue weighted by molar-refractivity contribution is 7.15. The SMILES string of the molecule is CCNC1CCCc2nc(-c3ccncc3)sc21. The number of nitrogens with zero attached hydrogens (tertiary/aromatic N) is 2. The normalized spacial score (nSPS) is 18.6. The number of fused-ring (bicyclic) bond motifs is 1. The third-order valence-corrected chi connectivity index (χ3v) is 4.59. The van der Waals surface area contributed by atoms with Crippen molar-refractivity contribution < 1.29 is 0 Å². The molecular weight excluding hydrogens is 242 g/mol. The van der Waals surface area contributed by atoms with Gasteiger partial charge in [-0.2, -0.15) is 0 Å². The summed E-state index contributed by atoms with van der Waals surface area (Å²) in [4.78, 5) is 10.3. The summed E-state index contributed by atoms with van der Waals surface area (Å²) >= 11 is 1.84. The van der Waals surface area contributed by atoms with Crippen LogP contribution in [0.15, 0.2) is 24.5 Å². The first-order valence-electron chi connectivity index (χ1n) is 6.52. The zero-order valence-electron chi connectivity index (χ0n) is 10.5. The number of nitrogens with one attached hydrogen (secondary N) is 1. The first kappa shape index (κ1) is 11.8. The van der Waals surface area contributed by atoms with Gasteiger partial charge in [0.25, 0.3) is 0 Å². The molecule has 1 aliphatic rings. The van der Waals surface area contributed by atoms with Crippen LogP contribution in [0.2, 0.25) is 0 Å². The van der Waals surface area contributed by atoms with E-state index >= 15 is 0 Å². The van der Waals surface area contributed by atoms with Crippen molar-refractivity contribution >= 4 is 11.3 Å². The number of rotatable bonds is 3. The molecule has 0 aliphatic heterocycles. The van der Waals surface area contributed by atoms with Crippen LogP contribution in [0, 0.1) is 0 Å². The molecule has 3 nitrogen and oxygen atoms in total. The number of aryl methyl sites for hydroxylation is 1. The lowest BCUT2D eigenvalue weighted by molar-refractivity contribution is 0.476. The lowest BCUT2D eigenvalue weighted by Gasteiger charge is -2.21. The van der Waals surface area contributed by atoms with Crippen LogP contribution in [-0.4, -0.2) is 16.5 Å². The number of aromatic nitrogens is 2. The summed E-state index contributed by atoms with van der Waals surface area (Å²) in [5, 5.41) is 4.70. The Balaban J connectivity index is 1.96. The largest absolute Gasteiger partial charge is 0.309 e. The maximum atomic E-state index is 4.80. The van der Waals surface area contributed by atoms with Crippen molar-refractivity contribution in [3.8, 4) is 10.6 Å². The molecule has 2 heterocycles. The Kier molecular flexibility index (Phi) is 3.39. The zero-order valence-corrected chi connectivity index (χ0v) is 11.3. The first-order valence-corrected chi connectivity index (χ1v) is 7.33. The molecule has 0 fully saturated rings. The van der Waals surface area contributed by atoms with Crippen LogP contribution >= 0.6 is 11.3 Å². The van der Waals surface area contributed by atoms with Crippen LogP contribution in [0.1, 0.15) is 36.4 Å². The third-order valence-electron chi connectivity index (χ3n) is 3.33. The van der Waals surface area contributed by atoms with Gasteiger partial charge in [0, 0.05) is 28.9 Å². The van der Waals surface area contributed by atoms with Gasteiger partial charge in [0.1, 0.15) is 5.01 Å². The average molecular weight is 259 g/mol. The van der Waals surface area contributed by atoms with E-state index in [1.54, 1.807) is 0 Å². The molecule has 1 aliphatic carbocycles. The van der Waals surface area contributed by atoms with E-state index in [0.29, 0.717) is 6.04 Å². The molecule has 94 valence electrons. The molecule has 4 heteroatoms. The molecule has 0 spiro atoms. The van der Waals surface area contributed by atoms with Crippen molar-refractivity contribution in [3.05, 3.63) is 35.1 Å². The lowest BCUT2D eigenvalue weighted by Crippen LogP contribution is -2.23. The molecule has 0 saturated heterocycles. The molecule has 0 bridgehead atoms. The fraction of sp³-hybridized carbons (Fsp3) is 0.429. The third kappa shape index (κ3) is 2.18. The van der Waals surface area contributed by atoms with E-state index in [4.69, 9.17) is 4.98 Å². The molecule has 0 saturated carbocycles. The molecule has 2 aromatic rings. The molecule has 0 amide bonds. The van der Waals surface area contributed by atoms with Gasteiger partial charge in [0.2, 0.25) is 0 Å². The molecular formula is C14H17N3S. The van der Waals surface area contributed by atoms with Gasteiger partial charge < -0.3 is 5.32 Å². The van der Waals surface area contributed by atoms with Crippen molar-refractivity contribution in [1.82, 2.24) is 15.3 Å². The number of thiazole rings is 1. The van der Waals surface area contributed by atoms with Gasteiger partial charge in [0.05, 0.1) is 5.69 Å². The molecule has 1 atom stereocenters. The van der Waals surface area contributed by atoms with Crippen molar-refractivity contribution in [3.63, 3.8) is 0 Å². The summed E-state index contributed by atoms with van der Waals surface area (Å²) in [6.45, 7) is 3.19.